The lowest BCUT2D eigenvalue weighted by atomic mass is 9.76. The molecule has 1 atom stereocenters. The molecule has 118 valence electrons. The van der Waals surface area contributed by atoms with Crippen molar-refractivity contribution < 1.29 is 13.5 Å². The summed E-state index contributed by atoms with van der Waals surface area (Å²) >= 11 is 0. The number of nitrogens with one attached hydrogen (secondary N) is 1. The summed E-state index contributed by atoms with van der Waals surface area (Å²) in [7, 11) is 1.67. The second kappa shape index (κ2) is 8.44. The zero-order valence-corrected chi connectivity index (χ0v) is 12.7. The lowest BCUT2D eigenvalue weighted by Gasteiger charge is -2.31. The molecule has 0 spiro atoms. The molecule has 1 saturated carbocycles. The molecule has 0 radical (unpaired) electrons. The Labute approximate surface area is 125 Å². The van der Waals surface area contributed by atoms with E-state index in [9.17, 15) is 8.78 Å². The van der Waals surface area contributed by atoms with Crippen molar-refractivity contribution in [1.29, 1.82) is 0 Å². The zero-order chi connectivity index (χ0) is 15.1. The van der Waals surface area contributed by atoms with Gasteiger partial charge in [-0.15, -0.1) is 0 Å². The van der Waals surface area contributed by atoms with Gasteiger partial charge in [0, 0.05) is 26.3 Å². The smallest absolute Gasteiger partial charge is 0.126 e. The van der Waals surface area contributed by atoms with Crippen LogP contribution in [0.4, 0.5) is 8.78 Å². The lowest BCUT2D eigenvalue weighted by molar-refractivity contribution is 0.196. The van der Waals surface area contributed by atoms with Gasteiger partial charge in [-0.2, -0.15) is 0 Å². The Hall–Kier alpha value is -1.00. The summed E-state index contributed by atoms with van der Waals surface area (Å²) in [5.41, 5.74) is 0.782. The summed E-state index contributed by atoms with van der Waals surface area (Å²) in [5.74, 6) is -0.284. The predicted molar refractivity (Wildman–Crippen MR) is 80.4 cm³/mol. The van der Waals surface area contributed by atoms with Crippen LogP contribution in [0.25, 0.3) is 0 Å². The van der Waals surface area contributed by atoms with Crippen LogP contribution in [0.2, 0.25) is 0 Å². The van der Waals surface area contributed by atoms with Crippen molar-refractivity contribution in [2.24, 2.45) is 5.92 Å². The molecular weight excluding hydrogens is 272 g/mol. The van der Waals surface area contributed by atoms with Gasteiger partial charge in [0.15, 0.2) is 0 Å². The third-order valence-corrected chi connectivity index (χ3v) is 4.38. The Morgan fingerprint density at radius 2 is 1.81 bits per heavy atom. The molecule has 0 aromatic heterocycles. The quantitative estimate of drug-likeness (QED) is 0.772. The molecule has 0 heterocycles. The zero-order valence-electron chi connectivity index (χ0n) is 12.7. The lowest BCUT2D eigenvalue weighted by Crippen LogP contribution is -2.30. The molecule has 1 N–H and O–H groups in total. The van der Waals surface area contributed by atoms with Crippen LogP contribution in [0.15, 0.2) is 18.2 Å². The Kier molecular flexibility index (Phi) is 6.58. The molecule has 1 aliphatic rings. The largest absolute Gasteiger partial charge is 0.383 e. The molecule has 0 saturated heterocycles. The topological polar surface area (TPSA) is 21.3 Å². The summed E-state index contributed by atoms with van der Waals surface area (Å²) in [5, 5.41) is 3.35. The van der Waals surface area contributed by atoms with Crippen LogP contribution in [0.1, 0.15) is 43.6 Å². The summed E-state index contributed by atoms with van der Waals surface area (Å²) in [6.07, 6.45) is 6.01. The first kappa shape index (κ1) is 16.4. The molecule has 0 aliphatic heterocycles. The Morgan fingerprint density at radius 3 is 2.43 bits per heavy atom. The van der Waals surface area contributed by atoms with Gasteiger partial charge in [-0.05, 0) is 42.4 Å². The van der Waals surface area contributed by atoms with Crippen LogP contribution >= 0.6 is 0 Å². The van der Waals surface area contributed by atoms with Gasteiger partial charge in [-0.3, -0.25) is 0 Å². The maximum Gasteiger partial charge on any atom is 0.126 e. The van der Waals surface area contributed by atoms with Gasteiger partial charge in [-0.25, -0.2) is 8.78 Å². The fourth-order valence-corrected chi connectivity index (χ4v) is 3.31. The fraction of sp³-hybridized carbons (Fsp3) is 0.647. The molecule has 4 heteroatoms. The molecule has 1 aromatic rings. The summed E-state index contributed by atoms with van der Waals surface area (Å²) < 4.78 is 32.1. The number of hydrogen-bond donors (Lipinski definition) is 1. The fourth-order valence-electron chi connectivity index (χ4n) is 3.31. The van der Waals surface area contributed by atoms with E-state index in [-0.39, 0.29) is 5.92 Å². The molecule has 21 heavy (non-hydrogen) atoms. The average Bonchev–Trinajstić information content (AvgIpc) is 2.47. The molecule has 1 fully saturated rings. The molecule has 0 amide bonds. The van der Waals surface area contributed by atoms with Crippen LogP contribution in [-0.4, -0.2) is 26.8 Å². The highest BCUT2D eigenvalue weighted by atomic mass is 19.1. The number of halogens is 2. The maximum atomic E-state index is 13.5. The summed E-state index contributed by atoms with van der Waals surface area (Å²) in [6.45, 7) is 2.16. The minimum Gasteiger partial charge on any atom is -0.383 e. The van der Waals surface area contributed by atoms with Gasteiger partial charge < -0.3 is 10.1 Å². The molecule has 0 bridgehead atoms. The second-order valence-corrected chi connectivity index (χ2v) is 5.90. The van der Waals surface area contributed by atoms with E-state index in [4.69, 9.17) is 4.74 Å². The van der Waals surface area contributed by atoms with E-state index in [1.807, 2.05) is 0 Å². The highest BCUT2D eigenvalue weighted by Gasteiger charge is 2.25. The normalized spacial score (nSPS) is 17.9. The van der Waals surface area contributed by atoms with Crippen LogP contribution in [0.3, 0.4) is 0 Å². The molecule has 2 nitrogen and oxygen atoms in total. The SMILES string of the molecule is COCCNCC(c1cc(F)cc(F)c1)C1CCCCC1. The first-order chi connectivity index (χ1) is 10.2. The Morgan fingerprint density at radius 1 is 1.14 bits per heavy atom. The van der Waals surface area contributed by atoms with Gasteiger partial charge in [0.2, 0.25) is 0 Å². The molecule has 1 unspecified atom stereocenters. The van der Waals surface area contributed by atoms with Gasteiger partial charge >= 0.3 is 0 Å². The van der Waals surface area contributed by atoms with Crippen molar-refractivity contribution in [3.63, 3.8) is 0 Å². The number of hydrogen-bond acceptors (Lipinski definition) is 2. The van der Waals surface area contributed by atoms with Crippen molar-refractivity contribution in [1.82, 2.24) is 5.32 Å². The Balaban J connectivity index is 2.09. The molecule has 2 rings (SSSR count). The minimum absolute atomic E-state index is 0.173. The molecule has 1 aromatic carbocycles. The Bertz CT molecular complexity index is 413. The van der Waals surface area contributed by atoms with Crippen LogP contribution in [0.5, 0.6) is 0 Å². The van der Waals surface area contributed by atoms with Gasteiger partial charge in [0.25, 0.3) is 0 Å². The van der Waals surface area contributed by atoms with E-state index in [2.05, 4.69) is 5.32 Å². The highest BCUT2D eigenvalue weighted by Crippen LogP contribution is 2.36. The maximum absolute atomic E-state index is 13.5. The highest BCUT2D eigenvalue weighted by molar-refractivity contribution is 5.23. The first-order valence-corrected chi connectivity index (χ1v) is 7.86. The first-order valence-electron chi connectivity index (χ1n) is 7.86. The van der Waals surface area contributed by atoms with Crippen molar-refractivity contribution in [3.8, 4) is 0 Å². The minimum atomic E-state index is -0.484. The standard InChI is InChI=1S/C17H25F2NO/c1-21-8-7-20-12-17(13-5-3-2-4-6-13)14-9-15(18)11-16(19)10-14/h9-11,13,17,20H,2-8,12H2,1H3. The van der Waals surface area contributed by atoms with Crippen molar-refractivity contribution >= 4 is 0 Å². The third kappa shape index (κ3) is 5.04. The monoisotopic (exact) mass is 297 g/mol. The number of benzene rings is 1. The molecular formula is C17H25F2NO. The van der Waals surface area contributed by atoms with Crippen molar-refractivity contribution in [2.75, 3.05) is 26.8 Å². The predicted octanol–water partition coefficient (Wildman–Crippen LogP) is 3.86. The van der Waals surface area contributed by atoms with E-state index < -0.39 is 11.6 Å². The van der Waals surface area contributed by atoms with Crippen LogP contribution < -0.4 is 5.32 Å². The third-order valence-electron chi connectivity index (χ3n) is 4.38. The number of methoxy groups -OCH3 is 1. The van der Waals surface area contributed by atoms with Crippen molar-refractivity contribution in [3.05, 3.63) is 35.4 Å². The van der Waals surface area contributed by atoms with Crippen LogP contribution in [-0.2, 0) is 4.74 Å². The second-order valence-electron chi connectivity index (χ2n) is 5.90. The van der Waals surface area contributed by atoms with E-state index in [1.54, 1.807) is 7.11 Å². The summed E-state index contributed by atoms with van der Waals surface area (Å²) in [6, 6.07) is 3.92. The van der Waals surface area contributed by atoms with Gasteiger partial charge in [0.05, 0.1) is 6.61 Å². The summed E-state index contributed by atoms with van der Waals surface area (Å²) in [4.78, 5) is 0. The average molecular weight is 297 g/mol. The number of rotatable bonds is 7. The van der Waals surface area contributed by atoms with Crippen molar-refractivity contribution in [2.45, 2.75) is 38.0 Å². The van der Waals surface area contributed by atoms with E-state index in [0.29, 0.717) is 12.5 Å². The van der Waals surface area contributed by atoms with Gasteiger partial charge in [0.1, 0.15) is 11.6 Å². The molecule has 1 aliphatic carbocycles. The number of ether oxygens (including phenoxy) is 1. The van der Waals surface area contributed by atoms with Gasteiger partial charge in [-0.1, -0.05) is 19.3 Å². The van der Waals surface area contributed by atoms with E-state index >= 15 is 0 Å². The van der Waals surface area contributed by atoms with Crippen LogP contribution in [0, 0.1) is 17.6 Å². The van der Waals surface area contributed by atoms with E-state index in [0.717, 1.165) is 37.6 Å². The van der Waals surface area contributed by atoms with E-state index in [1.165, 1.54) is 31.4 Å².